The van der Waals surface area contributed by atoms with Crippen LogP contribution in [0.1, 0.15) is 41.0 Å². The Bertz CT molecular complexity index is 273. The standard InChI is InChI=1S/C14H28N2O2/c1-6-7-8-9-15-13(18)16-10-14(4,5)12(17)11(2)3/h6-7,11-12,17H,8-10H2,1-5H3,(H2,15,16,18). The molecule has 18 heavy (non-hydrogen) atoms. The first-order valence-electron chi connectivity index (χ1n) is 6.62. The Kier molecular flexibility index (Phi) is 7.67. The van der Waals surface area contributed by atoms with Crippen LogP contribution in [0.25, 0.3) is 0 Å². The highest BCUT2D eigenvalue weighted by Gasteiger charge is 2.30. The van der Waals surface area contributed by atoms with E-state index in [1.54, 1.807) is 0 Å². The van der Waals surface area contributed by atoms with Crippen molar-refractivity contribution in [2.24, 2.45) is 11.3 Å². The molecule has 0 saturated carbocycles. The average molecular weight is 256 g/mol. The number of aliphatic hydroxyl groups is 1. The smallest absolute Gasteiger partial charge is 0.314 e. The summed E-state index contributed by atoms with van der Waals surface area (Å²) in [7, 11) is 0. The molecule has 0 aromatic heterocycles. The molecular formula is C14H28N2O2. The first-order valence-corrected chi connectivity index (χ1v) is 6.62. The lowest BCUT2D eigenvalue weighted by atomic mass is 9.81. The second-order valence-electron chi connectivity index (χ2n) is 5.64. The lowest BCUT2D eigenvalue weighted by molar-refractivity contribution is 0.0151. The fraction of sp³-hybridized carbons (Fsp3) is 0.786. The second-order valence-corrected chi connectivity index (χ2v) is 5.64. The highest BCUT2D eigenvalue weighted by Crippen LogP contribution is 2.24. The minimum atomic E-state index is -0.430. The van der Waals surface area contributed by atoms with E-state index in [9.17, 15) is 9.90 Å². The molecule has 4 heteroatoms. The van der Waals surface area contributed by atoms with Gasteiger partial charge in [0, 0.05) is 18.5 Å². The number of urea groups is 1. The van der Waals surface area contributed by atoms with Crippen molar-refractivity contribution < 1.29 is 9.90 Å². The fourth-order valence-electron chi connectivity index (χ4n) is 1.81. The van der Waals surface area contributed by atoms with Crippen molar-refractivity contribution in [2.45, 2.75) is 47.1 Å². The SMILES string of the molecule is CC=CCCNC(=O)NCC(C)(C)C(O)C(C)C. The second kappa shape index (κ2) is 8.14. The van der Waals surface area contributed by atoms with Crippen LogP contribution in [0.15, 0.2) is 12.2 Å². The summed E-state index contributed by atoms with van der Waals surface area (Å²) in [5.41, 5.74) is -0.325. The van der Waals surface area contributed by atoms with Crippen LogP contribution in [0, 0.1) is 11.3 Å². The van der Waals surface area contributed by atoms with Gasteiger partial charge in [0.2, 0.25) is 0 Å². The minimum absolute atomic E-state index is 0.177. The third-order valence-corrected chi connectivity index (χ3v) is 2.97. The molecule has 4 nitrogen and oxygen atoms in total. The van der Waals surface area contributed by atoms with Crippen LogP contribution in [0.2, 0.25) is 0 Å². The molecule has 0 rings (SSSR count). The molecule has 0 fully saturated rings. The Morgan fingerprint density at radius 3 is 2.44 bits per heavy atom. The van der Waals surface area contributed by atoms with Gasteiger partial charge in [-0.3, -0.25) is 0 Å². The number of rotatable bonds is 7. The third-order valence-electron chi connectivity index (χ3n) is 2.97. The van der Waals surface area contributed by atoms with Crippen molar-refractivity contribution in [2.75, 3.05) is 13.1 Å². The zero-order valence-electron chi connectivity index (χ0n) is 12.3. The maximum absolute atomic E-state index is 11.5. The van der Waals surface area contributed by atoms with Gasteiger partial charge >= 0.3 is 6.03 Å². The molecule has 2 amide bonds. The Morgan fingerprint density at radius 1 is 1.33 bits per heavy atom. The summed E-state index contributed by atoms with van der Waals surface area (Å²) >= 11 is 0. The van der Waals surface area contributed by atoms with Gasteiger partial charge in [0.25, 0.3) is 0 Å². The first-order chi connectivity index (χ1) is 8.31. The molecule has 0 aliphatic heterocycles. The number of hydrogen-bond donors (Lipinski definition) is 3. The van der Waals surface area contributed by atoms with E-state index in [0.29, 0.717) is 13.1 Å². The molecule has 0 saturated heterocycles. The van der Waals surface area contributed by atoms with Gasteiger partial charge in [-0.25, -0.2) is 4.79 Å². The monoisotopic (exact) mass is 256 g/mol. The van der Waals surface area contributed by atoms with E-state index in [4.69, 9.17) is 0 Å². The van der Waals surface area contributed by atoms with Gasteiger partial charge in [-0.2, -0.15) is 0 Å². The molecule has 3 N–H and O–H groups in total. The van der Waals surface area contributed by atoms with E-state index in [2.05, 4.69) is 10.6 Å². The van der Waals surface area contributed by atoms with Crippen LogP contribution in [-0.4, -0.2) is 30.3 Å². The van der Waals surface area contributed by atoms with Crippen molar-refractivity contribution in [3.8, 4) is 0 Å². The summed E-state index contributed by atoms with van der Waals surface area (Å²) in [5, 5.41) is 15.6. The van der Waals surface area contributed by atoms with E-state index in [1.165, 1.54) is 0 Å². The summed E-state index contributed by atoms with van der Waals surface area (Å²) < 4.78 is 0. The van der Waals surface area contributed by atoms with Crippen molar-refractivity contribution in [1.82, 2.24) is 10.6 Å². The normalized spacial score (nSPS) is 13.9. The predicted octanol–water partition coefficient (Wildman–Crippen LogP) is 2.29. The van der Waals surface area contributed by atoms with Crippen molar-refractivity contribution in [1.29, 1.82) is 0 Å². The molecule has 0 aliphatic rings. The van der Waals surface area contributed by atoms with Crippen LogP contribution < -0.4 is 10.6 Å². The number of nitrogens with one attached hydrogen (secondary N) is 2. The Morgan fingerprint density at radius 2 is 1.94 bits per heavy atom. The molecule has 0 spiro atoms. The summed E-state index contributed by atoms with van der Waals surface area (Å²) in [5.74, 6) is 0.180. The molecular weight excluding hydrogens is 228 g/mol. The number of hydrogen-bond acceptors (Lipinski definition) is 2. The highest BCUT2D eigenvalue weighted by molar-refractivity contribution is 5.73. The molecule has 0 radical (unpaired) electrons. The van der Waals surface area contributed by atoms with Crippen LogP contribution in [-0.2, 0) is 0 Å². The van der Waals surface area contributed by atoms with E-state index >= 15 is 0 Å². The lowest BCUT2D eigenvalue weighted by Gasteiger charge is -2.33. The van der Waals surface area contributed by atoms with Crippen molar-refractivity contribution in [3.63, 3.8) is 0 Å². The number of amides is 2. The zero-order valence-corrected chi connectivity index (χ0v) is 12.3. The quantitative estimate of drug-likeness (QED) is 0.483. The highest BCUT2D eigenvalue weighted by atomic mass is 16.3. The Hall–Kier alpha value is -1.03. The summed E-state index contributed by atoms with van der Waals surface area (Å²) in [6.45, 7) is 10.9. The van der Waals surface area contributed by atoms with E-state index in [0.717, 1.165) is 6.42 Å². The van der Waals surface area contributed by atoms with E-state index in [-0.39, 0.29) is 17.4 Å². The van der Waals surface area contributed by atoms with E-state index in [1.807, 2.05) is 46.8 Å². The minimum Gasteiger partial charge on any atom is -0.392 e. The fourth-order valence-corrected chi connectivity index (χ4v) is 1.81. The number of carbonyl (C=O) groups excluding carboxylic acids is 1. The zero-order chi connectivity index (χ0) is 14.2. The predicted molar refractivity (Wildman–Crippen MR) is 75.5 cm³/mol. The molecule has 0 aliphatic carbocycles. The molecule has 106 valence electrons. The van der Waals surface area contributed by atoms with Gasteiger partial charge in [-0.05, 0) is 19.3 Å². The van der Waals surface area contributed by atoms with Crippen LogP contribution in [0.3, 0.4) is 0 Å². The van der Waals surface area contributed by atoms with Crippen LogP contribution >= 0.6 is 0 Å². The topological polar surface area (TPSA) is 61.4 Å². The van der Waals surface area contributed by atoms with Gasteiger partial charge in [0.1, 0.15) is 0 Å². The van der Waals surface area contributed by atoms with Crippen LogP contribution in [0.4, 0.5) is 4.79 Å². The van der Waals surface area contributed by atoms with E-state index < -0.39 is 6.10 Å². The maximum atomic E-state index is 11.5. The number of allylic oxidation sites excluding steroid dienone is 1. The molecule has 0 aromatic carbocycles. The molecule has 0 heterocycles. The van der Waals surface area contributed by atoms with Gasteiger partial charge in [0.05, 0.1) is 6.10 Å². The molecule has 1 unspecified atom stereocenters. The van der Waals surface area contributed by atoms with Crippen LogP contribution in [0.5, 0.6) is 0 Å². The Balaban J connectivity index is 3.96. The van der Waals surface area contributed by atoms with Crippen molar-refractivity contribution in [3.05, 3.63) is 12.2 Å². The number of aliphatic hydroxyl groups excluding tert-OH is 1. The van der Waals surface area contributed by atoms with Gasteiger partial charge in [0.15, 0.2) is 0 Å². The summed E-state index contributed by atoms with van der Waals surface area (Å²) in [6.07, 6.45) is 4.37. The third kappa shape index (κ3) is 6.64. The molecule has 0 aromatic rings. The van der Waals surface area contributed by atoms with Gasteiger partial charge in [-0.15, -0.1) is 0 Å². The summed E-state index contributed by atoms with van der Waals surface area (Å²) in [4.78, 5) is 11.5. The van der Waals surface area contributed by atoms with Gasteiger partial charge in [-0.1, -0.05) is 39.8 Å². The Labute approximate surface area is 111 Å². The van der Waals surface area contributed by atoms with Crippen molar-refractivity contribution >= 4 is 6.03 Å². The maximum Gasteiger partial charge on any atom is 0.314 e. The molecule has 0 bridgehead atoms. The summed E-state index contributed by atoms with van der Waals surface area (Å²) in [6, 6.07) is -0.177. The largest absolute Gasteiger partial charge is 0.392 e. The molecule has 1 atom stereocenters. The number of carbonyl (C=O) groups is 1. The van der Waals surface area contributed by atoms with Gasteiger partial charge < -0.3 is 15.7 Å². The average Bonchev–Trinajstić information content (AvgIpc) is 2.31. The lowest BCUT2D eigenvalue weighted by Crippen LogP contribution is -2.46. The first kappa shape index (κ1) is 17.0.